The summed E-state index contributed by atoms with van der Waals surface area (Å²) in [5.41, 5.74) is 0.880. The average Bonchev–Trinajstić information content (AvgIpc) is 2.69. The van der Waals surface area contributed by atoms with Crippen LogP contribution in [0.3, 0.4) is 0 Å². The van der Waals surface area contributed by atoms with Crippen LogP contribution in [0.25, 0.3) is 0 Å². The van der Waals surface area contributed by atoms with Gasteiger partial charge in [-0.3, -0.25) is 4.79 Å². The van der Waals surface area contributed by atoms with Crippen molar-refractivity contribution in [2.45, 2.75) is 11.4 Å². The molecule has 0 unspecified atom stereocenters. The fourth-order valence-electron chi connectivity index (χ4n) is 2.70. The van der Waals surface area contributed by atoms with Crippen LogP contribution in [0.1, 0.15) is 5.56 Å². The fourth-order valence-corrected chi connectivity index (χ4v) is 4.34. The second-order valence-electron chi connectivity index (χ2n) is 6.41. The third kappa shape index (κ3) is 5.79. The third-order valence-electron chi connectivity index (χ3n) is 4.15. The van der Waals surface area contributed by atoms with Gasteiger partial charge < -0.3 is 5.32 Å². The van der Waals surface area contributed by atoms with E-state index in [-0.39, 0.29) is 17.1 Å². The van der Waals surface area contributed by atoms with E-state index in [4.69, 9.17) is 23.2 Å². The highest BCUT2D eigenvalue weighted by Crippen LogP contribution is 2.21. The molecular formula is C21H17Cl2FN2O3S. The summed E-state index contributed by atoms with van der Waals surface area (Å²) in [7, 11) is -4.01. The van der Waals surface area contributed by atoms with E-state index >= 15 is 0 Å². The molecule has 5 nitrogen and oxygen atoms in total. The summed E-state index contributed by atoms with van der Waals surface area (Å²) in [6, 6.07) is 17.6. The molecular weight excluding hydrogens is 450 g/mol. The molecule has 0 saturated heterocycles. The lowest BCUT2D eigenvalue weighted by Gasteiger charge is -2.22. The number of hydrogen-bond acceptors (Lipinski definition) is 3. The lowest BCUT2D eigenvalue weighted by atomic mass is 10.2. The smallest absolute Gasteiger partial charge is 0.243 e. The Morgan fingerprint density at radius 3 is 2.13 bits per heavy atom. The Kier molecular flexibility index (Phi) is 7.10. The average molecular weight is 467 g/mol. The number of sulfonamides is 1. The van der Waals surface area contributed by atoms with Crippen LogP contribution in [0.15, 0.2) is 77.7 Å². The molecule has 0 atom stereocenters. The largest absolute Gasteiger partial charge is 0.325 e. The first-order valence-electron chi connectivity index (χ1n) is 8.79. The summed E-state index contributed by atoms with van der Waals surface area (Å²) in [5, 5.41) is 3.41. The number of hydrogen-bond donors (Lipinski definition) is 1. The fraction of sp³-hybridized carbons (Fsp3) is 0.0952. The van der Waals surface area contributed by atoms with Gasteiger partial charge in [0.1, 0.15) is 5.82 Å². The Bertz CT molecular complexity index is 1140. The second-order valence-corrected chi connectivity index (χ2v) is 9.22. The monoisotopic (exact) mass is 466 g/mol. The Labute approximate surface area is 184 Å². The molecule has 0 heterocycles. The summed E-state index contributed by atoms with van der Waals surface area (Å²) < 4.78 is 40.7. The number of halogens is 3. The number of carbonyl (C=O) groups is 1. The van der Waals surface area contributed by atoms with Crippen LogP contribution in [0.4, 0.5) is 10.1 Å². The summed E-state index contributed by atoms with van der Waals surface area (Å²) in [5.74, 6) is -1.12. The SMILES string of the molecule is O=C(CN(Cc1ccc(Cl)cc1)S(=O)(=O)c1ccc(Cl)cc1)Nc1cccc(F)c1. The van der Waals surface area contributed by atoms with E-state index in [9.17, 15) is 17.6 Å². The minimum atomic E-state index is -4.01. The van der Waals surface area contributed by atoms with Gasteiger partial charge in [0.05, 0.1) is 11.4 Å². The maximum absolute atomic E-state index is 13.4. The molecule has 1 amide bonds. The maximum Gasteiger partial charge on any atom is 0.243 e. The zero-order chi connectivity index (χ0) is 21.7. The molecule has 30 heavy (non-hydrogen) atoms. The van der Waals surface area contributed by atoms with E-state index in [1.165, 1.54) is 42.5 Å². The summed E-state index contributed by atoms with van der Waals surface area (Å²) in [6.45, 7) is -0.525. The van der Waals surface area contributed by atoms with Gasteiger partial charge in [0.25, 0.3) is 0 Å². The van der Waals surface area contributed by atoms with Crippen molar-refractivity contribution in [2.75, 3.05) is 11.9 Å². The molecule has 0 bridgehead atoms. The van der Waals surface area contributed by atoms with E-state index in [0.717, 1.165) is 10.4 Å². The molecule has 156 valence electrons. The van der Waals surface area contributed by atoms with Crippen LogP contribution in [-0.2, 0) is 21.4 Å². The lowest BCUT2D eigenvalue weighted by Crippen LogP contribution is -2.37. The van der Waals surface area contributed by atoms with Crippen LogP contribution in [-0.4, -0.2) is 25.2 Å². The summed E-state index contributed by atoms with van der Waals surface area (Å²) in [4.78, 5) is 12.5. The van der Waals surface area contributed by atoms with Crippen molar-refractivity contribution in [3.8, 4) is 0 Å². The van der Waals surface area contributed by atoms with Crippen molar-refractivity contribution >= 4 is 44.8 Å². The molecule has 0 aliphatic rings. The predicted octanol–water partition coefficient (Wildman–Crippen LogP) is 4.96. The summed E-state index contributed by atoms with van der Waals surface area (Å²) >= 11 is 11.8. The van der Waals surface area contributed by atoms with Gasteiger partial charge >= 0.3 is 0 Å². The van der Waals surface area contributed by atoms with Gasteiger partial charge in [-0.25, -0.2) is 12.8 Å². The zero-order valence-electron chi connectivity index (χ0n) is 15.6. The molecule has 0 fully saturated rings. The highest BCUT2D eigenvalue weighted by Gasteiger charge is 2.27. The predicted molar refractivity (Wildman–Crippen MR) is 116 cm³/mol. The lowest BCUT2D eigenvalue weighted by molar-refractivity contribution is -0.116. The third-order valence-corrected chi connectivity index (χ3v) is 6.46. The van der Waals surface area contributed by atoms with E-state index in [1.54, 1.807) is 24.3 Å². The molecule has 3 rings (SSSR count). The molecule has 1 N–H and O–H groups in total. The molecule has 0 saturated carbocycles. The first kappa shape index (κ1) is 22.2. The van der Waals surface area contributed by atoms with Gasteiger partial charge in [-0.15, -0.1) is 0 Å². The number of nitrogens with one attached hydrogen (secondary N) is 1. The molecule has 3 aromatic rings. The quantitative estimate of drug-likeness (QED) is 0.534. The van der Waals surface area contributed by atoms with E-state index in [0.29, 0.717) is 15.6 Å². The maximum atomic E-state index is 13.4. The molecule has 0 spiro atoms. The molecule has 0 aromatic heterocycles. The highest BCUT2D eigenvalue weighted by molar-refractivity contribution is 7.89. The topological polar surface area (TPSA) is 66.5 Å². The molecule has 0 aliphatic carbocycles. The first-order chi connectivity index (χ1) is 14.2. The minimum absolute atomic E-state index is 0.000538. The normalized spacial score (nSPS) is 11.5. The number of nitrogens with zero attached hydrogens (tertiary/aromatic N) is 1. The van der Waals surface area contributed by atoms with Gasteiger partial charge in [-0.2, -0.15) is 4.31 Å². The Balaban J connectivity index is 1.87. The first-order valence-corrected chi connectivity index (χ1v) is 11.0. The van der Waals surface area contributed by atoms with Crippen molar-refractivity contribution in [3.63, 3.8) is 0 Å². The van der Waals surface area contributed by atoms with Crippen LogP contribution < -0.4 is 5.32 Å². The Morgan fingerprint density at radius 2 is 1.53 bits per heavy atom. The van der Waals surface area contributed by atoms with E-state index in [1.807, 2.05) is 0 Å². The molecule has 9 heteroatoms. The van der Waals surface area contributed by atoms with Gasteiger partial charge in [0.2, 0.25) is 15.9 Å². The molecule has 3 aromatic carbocycles. The number of benzene rings is 3. The van der Waals surface area contributed by atoms with Crippen molar-refractivity contribution in [3.05, 3.63) is 94.2 Å². The van der Waals surface area contributed by atoms with E-state index < -0.39 is 28.3 Å². The van der Waals surface area contributed by atoms with Crippen molar-refractivity contribution < 1.29 is 17.6 Å². The number of anilines is 1. The molecule has 0 aliphatic heterocycles. The zero-order valence-corrected chi connectivity index (χ0v) is 17.9. The van der Waals surface area contributed by atoms with Crippen LogP contribution in [0, 0.1) is 5.82 Å². The van der Waals surface area contributed by atoms with Gasteiger partial charge in [0, 0.05) is 22.3 Å². The van der Waals surface area contributed by atoms with Crippen molar-refractivity contribution in [1.29, 1.82) is 0 Å². The van der Waals surface area contributed by atoms with Crippen molar-refractivity contribution in [2.24, 2.45) is 0 Å². The Morgan fingerprint density at radius 1 is 0.933 bits per heavy atom. The highest BCUT2D eigenvalue weighted by atomic mass is 35.5. The minimum Gasteiger partial charge on any atom is -0.325 e. The number of amides is 1. The van der Waals surface area contributed by atoms with Crippen LogP contribution in [0.2, 0.25) is 10.0 Å². The van der Waals surface area contributed by atoms with E-state index in [2.05, 4.69) is 5.32 Å². The van der Waals surface area contributed by atoms with Crippen LogP contribution in [0.5, 0.6) is 0 Å². The van der Waals surface area contributed by atoms with Crippen LogP contribution >= 0.6 is 23.2 Å². The molecule has 0 radical (unpaired) electrons. The summed E-state index contributed by atoms with van der Waals surface area (Å²) in [6.07, 6.45) is 0. The standard InChI is InChI=1S/C21H17Cl2FN2O3S/c22-16-6-4-15(5-7-16)13-26(30(28,29)20-10-8-17(23)9-11-20)14-21(27)25-19-3-1-2-18(24)12-19/h1-12H,13-14H2,(H,25,27). The van der Waals surface area contributed by atoms with Gasteiger partial charge in [-0.1, -0.05) is 41.4 Å². The second kappa shape index (κ2) is 9.57. The van der Waals surface area contributed by atoms with Gasteiger partial charge in [0.15, 0.2) is 0 Å². The Hall–Kier alpha value is -2.45. The van der Waals surface area contributed by atoms with Gasteiger partial charge in [-0.05, 0) is 60.2 Å². The number of rotatable bonds is 7. The van der Waals surface area contributed by atoms with Crippen molar-refractivity contribution in [1.82, 2.24) is 4.31 Å². The number of carbonyl (C=O) groups excluding carboxylic acids is 1.